The highest BCUT2D eigenvalue weighted by atomic mass is 127. The fourth-order valence-electron chi connectivity index (χ4n) is 2.63. The van der Waals surface area contributed by atoms with Crippen LogP contribution in [0.25, 0.3) is 4.85 Å². The van der Waals surface area contributed by atoms with E-state index < -0.39 is 19.8 Å². The van der Waals surface area contributed by atoms with E-state index in [0.717, 1.165) is 5.56 Å². The highest BCUT2D eigenvalue weighted by Gasteiger charge is 2.35. The molecule has 0 saturated heterocycles. The molecule has 164 valence electrons. The molecule has 3 aromatic carbocycles. The average molecular weight is 562 g/mol. The first kappa shape index (κ1) is 23.8. The Bertz CT molecular complexity index is 1150. The van der Waals surface area contributed by atoms with Crippen LogP contribution in [0.4, 0.5) is 5.69 Å². The molecule has 0 fully saturated rings. The summed E-state index contributed by atoms with van der Waals surface area (Å²) in [6.45, 7) is 8.95. The maximum atomic E-state index is 13.7. The van der Waals surface area contributed by atoms with Gasteiger partial charge >= 0.3 is 13.7 Å². The molecule has 9 heteroatoms. The van der Waals surface area contributed by atoms with E-state index in [1.807, 2.05) is 52.9 Å². The molecule has 0 aliphatic carbocycles. The highest BCUT2D eigenvalue weighted by Crippen LogP contribution is 2.49. The Kier molecular flexibility index (Phi) is 8.28. The lowest BCUT2D eigenvalue weighted by molar-refractivity contribution is -0.146. The fourth-order valence-corrected chi connectivity index (χ4v) is 4.95. The molecule has 0 spiro atoms. The number of para-hydroxylation sites is 2. The summed E-state index contributed by atoms with van der Waals surface area (Å²) < 4.78 is 31.0. The molecule has 3 rings (SSSR count). The van der Waals surface area contributed by atoms with Crippen LogP contribution in [0, 0.1) is 10.1 Å². The highest BCUT2D eigenvalue weighted by molar-refractivity contribution is 14.1. The molecule has 32 heavy (non-hydrogen) atoms. The van der Waals surface area contributed by atoms with Crippen molar-refractivity contribution < 1.29 is 23.1 Å². The van der Waals surface area contributed by atoms with Crippen LogP contribution in [0.1, 0.15) is 12.5 Å². The van der Waals surface area contributed by atoms with Crippen molar-refractivity contribution in [3.63, 3.8) is 0 Å². The van der Waals surface area contributed by atoms with E-state index in [2.05, 4.69) is 9.93 Å². The first-order chi connectivity index (χ1) is 15.4. The standard InChI is InChI=1S/C23H20IN2O5P/c1-17(23(27)29-16-18-10-5-3-6-11-18)26-32(28,30-19-12-7-4-8-13-19)31-22-20(24)14-9-15-21(22)25-2/h3-15,17H,16H2,1H3,(H,26,28)/t17-,32?/m0/s1. The van der Waals surface area contributed by atoms with Crippen molar-refractivity contribution in [2.75, 3.05) is 0 Å². The zero-order chi connectivity index (χ0) is 23.0. The van der Waals surface area contributed by atoms with Crippen LogP contribution >= 0.6 is 30.3 Å². The number of ether oxygens (including phenoxy) is 1. The van der Waals surface area contributed by atoms with Crippen molar-refractivity contribution in [2.24, 2.45) is 0 Å². The SMILES string of the molecule is [C-]#[N+]c1cccc(I)c1OP(=O)(N[C@@H](C)C(=O)OCc1ccccc1)Oc1ccccc1. The van der Waals surface area contributed by atoms with Crippen LogP contribution in [0.3, 0.4) is 0 Å². The molecule has 0 heterocycles. The molecular formula is C23H20IN2O5P. The first-order valence-electron chi connectivity index (χ1n) is 9.59. The maximum Gasteiger partial charge on any atom is 0.512 e. The number of nitrogens with zero attached hydrogens (tertiary/aromatic N) is 1. The zero-order valence-corrected chi connectivity index (χ0v) is 20.2. The van der Waals surface area contributed by atoms with Crippen LogP contribution in [0.2, 0.25) is 0 Å². The van der Waals surface area contributed by atoms with Gasteiger partial charge in [-0.3, -0.25) is 4.79 Å². The molecule has 0 saturated carbocycles. The van der Waals surface area contributed by atoms with Crippen molar-refractivity contribution in [3.05, 3.63) is 99.4 Å². The summed E-state index contributed by atoms with van der Waals surface area (Å²) in [4.78, 5) is 15.9. The van der Waals surface area contributed by atoms with E-state index >= 15 is 0 Å². The van der Waals surface area contributed by atoms with Crippen molar-refractivity contribution in [2.45, 2.75) is 19.6 Å². The number of nitrogens with one attached hydrogen (secondary N) is 1. The number of carbonyl (C=O) groups excluding carboxylic acids is 1. The van der Waals surface area contributed by atoms with Crippen molar-refractivity contribution in [1.82, 2.24) is 5.09 Å². The molecule has 1 unspecified atom stereocenters. The van der Waals surface area contributed by atoms with E-state index in [9.17, 15) is 9.36 Å². The lowest BCUT2D eigenvalue weighted by atomic mass is 10.2. The summed E-state index contributed by atoms with van der Waals surface area (Å²) in [5.74, 6) is -0.231. The Morgan fingerprint density at radius 3 is 2.34 bits per heavy atom. The number of hydrogen-bond donors (Lipinski definition) is 1. The van der Waals surface area contributed by atoms with E-state index in [1.54, 1.807) is 48.5 Å². The van der Waals surface area contributed by atoms with Gasteiger partial charge in [0.15, 0.2) is 5.75 Å². The number of benzene rings is 3. The average Bonchev–Trinajstić information content (AvgIpc) is 2.80. The third kappa shape index (κ3) is 6.57. The van der Waals surface area contributed by atoms with Gasteiger partial charge in [0.1, 0.15) is 18.4 Å². The molecule has 0 aliphatic rings. The van der Waals surface area contributed by atoms with Gasteiger partial charge in [-0.25, -0.2) is 9.41 Å². The Hall–Kier alpha value is -2.86. The molecule has 0 bridgehead atoms. The van der Waals surface area contributed by atoms with E-state index in [-0.39, 0.29) is 23.8 Å². The quantitative estimate of drug-likeness (QED) is 0.146. The number of rotatable bonds is 9. The van der Waals surface area contributed by atoms with Crippen LogP contribution in [-0.4, -0.2) is 12.0 Å². The lowest BCUT2D eigenvalue weighted by Gasteiger charge is -2.24. The predicted octanol–water partition coefficient (Wildman–Crippen LogP) is 6.13. The second kappa shape index (κ2) is 11.1. The van der Waals surface area contributed by atoms with Crippen LogP contribution in [0.5, 0.6) is 11.5 Å². The van der Waals surface area contributed by atoms with Crippen molar-refractivity contribution in [1.29, 1.82) is 0 Å². The Labute approximate surface area is 200 Å². The van der Waals surface area contributed by atoms with Crippen LogP contribution < -0.4 is 14.1 Å². The largest absolute Gasteiger partial charge is 0.512 e. The maximum absolute atomic E-state index is 13.7. The molecule has 7 nitrogen and oxygen atoms in total. The smallest absolute Gasteiger partial charge is 0.460 e. The minimum absolute atomic E-state index is 0.0782. The molecule has 1 N–H and O–H groups in total. The third-order valence-corrected chi connectivity index (χ3v) is 6.60. The predicted molar refractivity (Wildman–Crippen MR) is 130 cm³/mol. The summed E-state index contributed by atoms with van der Waals surface area (Å²) in [5.41, 5.74) is 1.00. The fraction of sp³-hybridized carbons (Fsp3) is 0.130. The molecule has 0 aliphatic heterocycles. The molecule has 0 amide bonds. The van der Waals surface area contributed by atoms with Gasteiger partial charge in [-0.2, -0.15) is 5.09 Å². The third-order valence-electron chi connectivity index (χ3n) is 4.18. The molecule has 0 aromatic heterocycles. The van der Waals surface area contributed by atoms with Gasteiger partial charge in [0, 0.05) is 3.57 Å². The first-order valence-corrected chi connectivity index (χ1v) is 12.2. The molecule has 3 aromatic rings. The Morgan fingerprint density at radius 2 is 1.69 bits per heavy atom. The summed E-state index contributed by atoms with van der Waals surface area (Å²) in [5, 5.41) is 2.64. The summed E-state index contributed by atoms with van der Waals surface area (Å²) in [7, 11) is -4.13. The minimum atomic E-state index is -4.13. The van der Waals surface area contributed by atoms with Gasteiger partial charge in [0.2, 0.25) is 5.69 Å². The Morgan fingerprint density at radius 1 is 1.03 bits per heavy atom. The Balaban J connectivity index is 1.80. The van der Waals surface area contributed by atoms with Crippen LogP contribution in [0.15, 0.2) is 78.9 Å². The van der Waals surface area contributed by atoms with Gasteiger partial charge in [0.05, 0.1) is 6.57 Å². The van der Waals surface area contributed by atoms with E-state index in [1.165, 1.54) is 6.92 Å². The van der Waals surface area contributed by atoms with Crippen molar-refractivity contribution in [3.8, 4) is 11.5 Å². The minimum Gasteiger partial charge on any atom is -0.460 e. The van der Waals surface area contributed by atoms with E-state index in [0.29, 0.717) is 3.57 Å². The normalized spacial score (nSPS) is 13.3. The van der Waals surface area contributed by atoms with Gasteiger partial charge in [0.25, 0.3) is 0 Å². The summed E-state index contributed by atoms with van der Waals surface area (Å²) in [6, 6.07) is 21.6. The van der Waals surface area contributed by atoms with Gasteiger partial charge in [-0.05, 0) is 53.3 Å². The number of halogens is 1. The second-order valence-electron chi connectivity index (χ2n) is 6.64. The molecule has 0 radical (unpaired) electrons. The van der Waals surface area contributed by atoms with E-state index in [4.69, 9.17) is 20.4 Å². The van der Waals surface area contributed by atoms with Gasteiger partial charge < -0.3 is 13.8 Å². The number of esters is 1. The molecular weight excluding hydrogens is 542 g/mol. The summed E-state index contributed by atoms with van der Waals surface area (Å²) in [6.07, 6.45) is 0. The number of carbonyl (C=O) groups is 1. The second-order valence-corrected chi connectivity index (χ2v) is 9.42. The summed E-state index contributed by atoms with van der Waals surface area (Å²) >= 11 is 1.98. The van der Waals surface area contributed by atoms with Gasteiger partial charge in [-0.15, -0.1) is 0 Å². The molecule has 2 atom stereocenters. The monoisotopic (exact) mass is 562 g/mol. The van der Waals surface area contributed by atoms with Crippen LogP contribution in [-0.2, 0) is 20.7 Å². The van der Waals surface area contributed by atoms with Crippen molar-refractivity contribution >= 4 is 42.0 Å². The number of hydrogen-bond acceptors (Lipinski definition) is 5. The zero-order valence-electron chi connectivity index (χ0n) is 17.1. The van der Waals surface area contributed by atoms with Gasteiger partial charge in [-0.1, -0.05) is 60.7 Å². The lowest BCUT2D eigenvalue weighted by Crippen LogP contribution is -2.35. The topological polar surface area (TPSA) is 78.2 Å².